The highest BCUT2D eigenvalue weighted by molar-refractivity contribution is 5.82. The molecule has 0 aliphatic heterocycles. The molecule has 0 spiro atoms. The topological polar surface area (TPSA) is 26.3 Å². The molecule has 0 N–H and O–H groups in total. The molecule has 0 radical (unpaired) electrons. The van der Waals surface area contributed by atoms with Crippen LogP contribution in [-0.2, 0) is 11.2 Å². The lowest BCUT2D eigenvalue weighted by atomic mass is 10.1. The molecule has 5 heteroatoms. The van der Waals surface area contributed by atoms with Gasteiger partial charge in [0.2, 0.25) is 0 Å². The van der Waals surface area contributed by atoms with Crippen molar-refractivity contribution >= 4 is 5.78 Å². The first kappa shape index (κ1) is 14.1. The van der Waals surface area contributed by atoms with Crippen LogP contribution in [0.2, 0.25) is 0 Å². The maximum absolute atomic E-state index is 13.3. The third-order valence-electron chi connectivity index (χ3n) is 2.60. The number of benzene rings is 2. The zero-order chi connectivity index (χ0) is 14.5. The average molecular weight is 280 g/mol. The Balaban J connectivity index is 1.90. The molecule has 2 rings (SSSR count). The van der Waals surface area contributed by atoms with Crippen LogP contribution in [0.1, 0.15) is 5.56 Å². The van der Waals surface area contributed by atoms with Gasteiger partial charge in [0.05, 0.1) is 0 Å². The summed E-state index contributed by atoms with van der Waals surface area (Å²) in [5.74, 6) is -2.43. The normalized spacial score (nSPS) is 10.3. The van der Waals surface area contributed by atoms with E-state index in [1.54, 1.807) is 0 Å². The average Bonchev–Trinajstić information content (AvgIpc) is 2.40. The van der Waals surface area contributed by atoms with Crippen molar-refractivity contribution < 1.29 is 22.7 Å². The van der Waals surface area contributed by atoms with Crippen molar-refractivity contribution in [1.29, 1.82) is 0 Å². The third-order valence-corrected chi connectivity index (χ3v) is 2.60. The molecule has 0 fully saturated rings. The fourth-order valence-corrected chi connectivity index (χ4v) is 1.63. The molecule has 0 unspecified atom stereocenters. The van der Waals surface area contributed by atoms with Gasteiger partial charge in [0, 0.05) is 12.5 Å². The van der Waals surface area contributed by atoms with E-state index in [-0.39, 0.29) is 30.4 Å². The summed E-state index contributed by atoms with van der Waals surface area (Å²) < 4.78 is 43.6. The van der Waals surface area contributed by atoms with Crippen molar-refractivity contribution in [3.63, 3.8) is 0 Å². The van der Waals surface area contributed by atoms with Gasteiger partial charge in [-0.1, -0.05) is 12.1 Å². The van der Waals surface area contributed by atoms with E-state index in [2.05, 4.69) is 0 Å². The molecule has 0 bridgehead atoms. The summed E-state index contributed by atoms with van der Waals surface area (Å²) >= 11 is 0. The van der Waals surface area contributed by atoms with Crippen LogP contribution in [0, 0.1) is 17.5 Å². The number of halogens is 3. The summed E-state index contributed by atoms with van der Waals surface area (Å²) in [5.41, 5.74) is 0.638. The quantitative estimate of drug-likeness (QED) is 0.840. The molecule has 104 valence electrons. The van der Waals surface area contributed by atoms with Crippen molar-refractivity contribution in [2.45, 2.75) is 6.42 Å². The molecule has 2 aromatic rings. The van der Waals surface area contributed by atoms with Crippen LogP contribution in [0.15, 0.2) is 42.5 Å². The van der Waals surface area contributed by atoms with Gasteiger partial charge in [0.15, 0.2) is 17.3 Å². The molecule has 0 saturated heterocycles. The lowest BCUT2D eigenvalue weighted by molar-refractivity contribution is -0.120. The van der Waals surface area contributed by atoms with Crippen molar-refractivity contribution in [1.82, 2.24) is 0 Å². The van der Waals surface area contributed by atoms with Crippen molar-refractivity contribution in [2.75, 3.05) is 6.61 Å². The van der Waals surface area contributed by atoms with E-state index < -0.39 is 11.6 Å². The maximum atomic E-state index is 13.3. The van der Waals surface area contributed by atoms with Gasteiger partial charge in [-0.3, -0.25) is 4.79 Å². The molecule has 0 aliphatic rings. The van der Waals surface area contributed by atoms with Crippen LogP contribution in [0.4, 0.5) is 13.2 Å². The summed E-state index contributed by atoms with van der Waals surface area (Å²) in [7, 11) is 0. The first-order valence-corrected chi connectivity index (χ1v) is 5.88. The van der Waals surface area contributed by atoms with Gasteiger partial charge in [-0.25, -0.2) is 13.2 Å². The second-order valence-corrected chi connectivity index (χ2v) is 4.21. The Hall–Kier alpha value is -2.30. The number of ether oxygens (including phenoxy) is 1. The highest BCUT2D eigenvalue weighted by atomic mass is 19.1. The second kappa shape index (κ2) is 6.23. The van der Waals surface area contributed by atoms with Crippen LogP contribution >= 0.6 is 0 Å². The van der Waals surface area contributed by atoms with Gasteiger partial charge in [0.1, 0.15) is 18.2 Å². The number of hydrogen-bond acceptors (Lipinski definition) is 2. The fraction of sp³-hybridized carbons (Fsp3) is 0.133. The monoisotopic (exact) mass is 280 g/mol. The van der Waals surface area contributed by atoms with Gasteiger partial charge in [-0.15, -0.1) is 0 Å². The first-order chi connectivity index (χ1) is 9.54. The fourth-order valence-electron chi connectivity index (χ4n) is 1.63. The van der Waals surface area contributed by atoms with E-state index in [9.17, 15) is 18.0 Å². The lowest BCUT2D eigenvalue weighted by Crippen LogP contribution is -2.14. The maximum Gasteiger partial charge on any atom is 0.174 e. The van der Waals surface area contributed by atoms with Gasteiger partial charge >= 0.3 is 0 Å². The van der Waals surface area contributed by atoms with E-state index >= 15 is 0 Å². The predicted molar refractivity (Wildman–Crippen MR) is 67.0 cm³/mol. The number of carbonyl (C=O) groups is 1. The van der Waals surface area contributed by atoms with Crippen molar-refractivity contribution in [3.8, 4) is 5.75 Å². The summed E-state index contributed by atoms with van der Waals surface area (Å²) in [6, 6.07) is 8.34. The highest BCUT2D eigenvalue weighted by Crippen LogP contribution is 2.17. The highest BCUT2D eigenvalue weighted by Gasteiger charge is 2.09. The SMILES string of the molecule is O=C(COc1ccc(F)cc1F)Cc1ccc(F)cc1. The molecular formula is C15H11F3O2. The summed E-state index contributed by atoms with van der Waals surface area (Å²) in [6.07, 6.45) is 0.0586. The van der Waals surface area contributed by atoms with Crippen LogP contribution in [0.5, 0.6) is 5.75 Å². The van der Waals surface area contributed by atoms with E-state index in [4.69, 9.17) is 4.74 Å². The minimum Gasteiger partial charge on any atom is -0.483 e. The van der Waals surface area contributed by atoms with Gasteiger partial charge in [-0.2, -0.15) is 0 Å². The van der Waals surface area contributed by atoms with Gasteiger partial charge in [0.25, 0.3) is 0 Å². The molecule has 0 aliphatic carbocycles. The Labute approximate surface area is 113 Å². The molecule has 2 aromatic carbocycles. The number of hydrogen-bond donors (Lipinski definition) is 0. The van der Waals surface area contributed by atoms with Crippen LogP contribution in [0.25, 0.3) is 0 Å². The standard InChI is InChI=1S/C15H11F3O2/c16-11-3-1-10(2-4-11)7-13(19)9-20-15-6-5-12(17)8-14(15)18/h1-6,8H,7,9H2. The Morgan fingerprint density at radius 3 is 2.25 bits per heavy atom. The third kappa shape index (κ3) is 3.85. The molecule has 0 heterocycles. The van der Waals surface area contributed by atoms with Gasteiger partial charge in [-0.05, 0) is 29.8 Å². The van der Waals surface area contributed by atoms with Crippen LogP contribution in [0.3, 0.4) is 0 Å². The molecule has 2 nitrogen and oxygen atoms in total. The zero-order valence-electron chi connectivity index (χ0n) is 10.4. The van der Waals surface area contributed by atoms with Crippen LogP contribution in [-0.4, -0.2) is 12.4 Å². The molecular weight excluding hydrogens is 269 g/mol. The van der Waals surface area contributed by atoms with E-state index in [0.717, 1.165) is 12.1 Å². The Bertz CT molecular complexity index is 609. The van der Waals surface area contributed by atoms with E-state index in [1.807, 2.05) is 0 Å². The second-order valence-electron chi connectivity index (χ2n) is 4.21. The van der Waals surface area contributed by atoms with E-state index in [1.165, 1.54) is 24.3 Å². The minimum atomic E-state index is -0.861. The van der Waals surface area contributed by atoms with Crippen LogP contribution < -0.4 is 4.74 Å². The molecule has 0 aromatic heterocycles. The predicted octanol–water partition coefficient (Wildman–Crippen LogP) is 3.29. The van der Waals surface area contributed by atoms with Gasteiger partial charge < -0.3 is 4.74 Å². The number of carbonyl (C=O) groups excluding carboxylic acids is 1. The molecule has 0 saturated carbocycles. The van der Waals surface area contributed by atoms with Crippen molar-refractivity contribution in [2.24, 2.45) is 0 Å². The van der Waals surface area contributed by atoms with Crippen molar-refractivity contribution in [3.05, 3.63) is 65.5 Å². The first-order valence-electron chi connectivity index (χ1n) is 5.88. The largest absolute Gasteiger partial charge is 0.483 e. The van der Waals surface area contributed by atoms with E-state index in [0.29, 0.717) is 11.6 Å². The minimum absolute atomic E-state index is 0.0586. The Morgan fingerprint density at radius 2 is 1.60 bits per heavy atom. The smallest absolute Gasteiger partial charge is 0.174 e. The Morgan fingerprint density at radius 1 is 0.950 bits per heavy atom. The number of rotatable bonds is 5. The number of ketones is 1. The summed E-state index contributed by atoms with van der Waals surface area (Å²) in [5, 5.41) is 0. The Kier molecular flexibility index (Phi) is 4.40. The molecule has 20 heavy (non-hydrogen) atoms. The summed E-state index contributed by atoms with van der Waals surface area (Å²) in [6.45, 7) is -0.333. The zero-order valence-corrected chi connectivity index (χ0v) is 10.4. The molecule has 0 amide bonds. The number of Topliss-reactive ketones (excluding diaryl/α,β-unsaturated/α-hetero) is 1. The molecule has 0 atom stereocenters. The summed E-state index contributed by atoms with van der Waals surface area (Å²) in [4.78, 5) is 11.6. The lowest BCUT2D eigenvalue weighted by Gasteiger charge is -2.06.